The summed E-state index contributed by atoms with van der Waals surface area (Å²) in [7, 11) is 0. The van der Waals surface area contributed by atoms with Gasteiger partial charge in [-0.1, -0.05) is 22.9 Å². The van der Waals surface area contributed by atoms with E-state index in [2.05, 4.69) is 22.9 Å². The summed E-state index contributed by atoms with van der Waals surface area (Å²) in [6.45, 7) is 2.74. The fourth-order valence-corrected chi connectivity index (χ4v) is 16.4. The SMILES string of the molecule is CC1C2C3C4CC5C6C4C4C3C3C2C2C7C3C4C6C7C5(Br)C12. The average Bonchev–Trinajstić information content (AvgIpc) is 3.19. The molecule has 114 valence electrons. The minimum absolute atomic E-state index is 0.648. The molecule has 0 aromatic carbocycles. The molecule has 22 heavy (non-hydrogen) atoms. The van der Waals surface area contributed by atoms with E-state index in [1.165, 1.54) is 82.9 Å². The molecule has 10 aliphatic rings. The lowest BCUT2D eigenvalue weighted by Gasteiger charge is -2.44. The Labute approximate surface area is 140 Å². The van der Waals surface area contributed by atoms with Crippen molar-refractivity contribution in [3.63, 3.8) is 0 Å². The molecule has 10 saturated carbocycles. The van der Waals surface area contributed by atoms with Crippen LogP contribution in [0.3, 0.4) is 0 Å². The zero-order valence-electron chi connectivity index (χ0n) is 13.0. The largest absolute Gasteiger partial charge is 0.0844 e. The molecule has 10 fully saturated rings. The minimum atomic E-state index is 0.648. The van der Waals surface area contributed by atoms with Crippen LogP contribution in [0.5, 0.6) is 0 Å². The van der Waals surface area contributed by atoms with Crippen LogP contribution in [0.4, 0.5) is 0 Å². The number of alkyl halides is 1. The van der Waals surface area contributed by atoms with E-state index in [-0.39, 0.29) is 0 Å². The quantitative estimate of drug-likeness (QED) is 0.581. The van der Waals surface area contributed by atoms with Gasteiger partial charge < -0.3 is 0 Å². The lowest BCUT2D eigenvalue weighted by Crippen LogP contribution is -2.44. The molecule has 10 aliphatic carbocycles. The summed E-state index contributed by atoms with van der Waals surface area (Å²) < 4.78 is 0.648. The van der Waals surface area contributed by atoms with Crippen LogP contribution < -0.4 is 0 Å². The van der Waals surface area contributed by atoms with Crippen molar-refractivity contribution in [3.05, 3.63) is 0 Å². The van der Waals surface area contributed by atoms with E-state index in [4.69, 9.17) is 0 Å². The topological polar surface area (TPSA) is 0 Å². The molecule has 0 nitrogen and oxygen atoms in total. The Morgan fingerprint density at radius 1 is 0.636 bits per heavy atom. The monoisotopic (exact) mass is 354 g/mol. The van der Waals surface area contributed by atoms with Crippen molar-refractivity contribution in [2.45, 2.75) is 17.7 Å². The number of hydrogen-bond acceptors (Lipinski definition) is 0. The van der Waals surface area contributed by atoms with Crippen molar-refractivity contribution in [1.82, 2.24) is 0 Å². The maximum Gasteiger partial charge on any atom is 0.0356 e. The van der Waals surface area contributed by atoms with Gasteiger partial charge in [0.15, 0.2) is 0 Å². The van der Waals surface area contributed by atoms with Crippen molar-refractivity contribution in [2.24, 2.45) is 107 Å². The fourth-order valence-electron chi connectivity index (χ4n) is 14.6. The smallest absolute Gasteiger partial charge is 0.0356 e. The molecule has 0 spiro atoms. The Kier molecular flexibility index (Phi) is 1.13. The molecular formula is C21H23Br. The Balaban J connectivity index is 1.48. The van der Waals surface area contributed by atoms with Crippen molar-refractivity contribution < 1.29 is 0 Å². The van der Waals surface area contributed by atoms with Crippen LogP contribution in [0.1, 0.15) is 13.3 Å². The Morgan fingerprint density at radius 3 is 2.00 bits per heavy atom. The summed E-state index contributed by atoms with van der Waals surface area (Å²) in [5, 5.41) is 0. The van der Waals surface area contributed by atoms with E-state index < -0.39 is 0 Å². The molecule has 0 radical (unpaired) electrons. The van der Waals surface area contributed by atoms with Crippen molar-refractivity contribution >= 4 is 15.9 Å². The molecule has 0 N–H and O–H groups in total. The Bertz CT molecular complexity index is 711. The highest BCUT2D eigenvalue weighted by Crippen LogP contribution is 2.98. The zero-order valence-corrected chi connectivity index (χ0v) is 14.6. The van der Waals surface area contributed by atoms with Gasteiger partial charge in [-0.15, -0.1) is 0 Å². The van der Waals surface area contributed by atoms with Gasteiger partial charge in [0, 0.05) is 4.32 Å². The highest BCUT2D eigenvalue weighted by atomic mass is 79.9. The van der Waals surface area contributed by atoms with Gasteiger partial charge in [-0.05, 0) is 113 Å². The molecule has 19 atom stereocenters. The Hall–Kier alpha value is 0.480. The van der Waals surface area contributed by atoms with E-state index in [1.54, 1.807) is 6.42 Å². The van der Waals surface area contributed by atoms with Crippen LogP contribution in [0, 0.1) is 107 Å². The third-order valence-electron chi connectivity index (χ3n) is 13.1. The number of rotatable bonds is 0. The summed E-state index contributed by atoms with van der Waals surface area (Å²) in [6.07, 6.45) is 1.68. The summed E-state index contributed by atoms with van der Waals surface area (Å²) in [4.78, 5) is 0. The summed E-state index contributed by atoms with van der Waals surface area (Å²) >= 11 is 4.64. The predicted octanol–water partition coefficient (Wildman–Crippen LogP) is 3.76. The summed E-state index contributed by atoms with van der Waals surface area (Å²) in [5.41, 5.74) is 0. The van der Waals surface area contributed by atoms with Gasteiger partial charge in [-0.3, -0.25) is 0 Å². The maximum absolute atomic E-state index is 4.64. The summed E-state index contributed by atoms with van der Waals surface area (Å²) in [6, 6.07) is 0. The van der Waals surface area contributed by atoms with Crippen LogP contribution in [0.2, 0.25) is 0 Å². The van der Waals surface area contributed by atoms with Gasteiger partial charge in [0.25, 0.3) is 0 Å². The molecule has 0 heterocycles. The van der Waals surface area contributed by atoms with E-state index in [0.717, 1.165) is 23.7 Å². The number of halogens is 1. The van der Waals surface area contributed by atoms with Gasteiger partial charge in [0.05, 0.1) is 0 Å². The summed E-state index contributed by atoms with van der Waals surface area (Å²) in [5.74, 6) is 21.8. The Morgan fingerprint density at radius 2 is 1.18 bits per heavy atom. The van der Waals surface area contributed by atoms with E-state index in [1.807, 2.05) is 0 Å². The molecule has 0 amide bonds. The van der Waals surface area contributed by atoms with Crippen LogP contribution >= 0.6 is 15.9 Å². The standard InChI is InChI=1S/C21H23Br/c1-3-6-7-4-2-5-9-8(4)12-11(7)13-10(6)17-18-15(13)14(12)16(9)20(18)21(5,22)19(3)17/h3-20H,2H2,1H3. The molecule has 0 bridgehead atoms. The second-order valence-electron chi connectivity index (χ2n) is 11.7. The zero-order chi connectivity index (χ0) is 13.6. The fraction of sp³-hybridized carbons (Fsp3) is 1.00. The maximum atomic E-state index is 4.64. The van der Waals surface area contributed by atoms with Crippen LogP contribution in [-0.4, -0.2) is 4.32 Å². The second kappa shape index (κ2) is 2.38. The second-order valence-corrected chi connectivity index (χ2v) is 13.1. The van der Waals surface area contributed by atoms with E-state index >= 15 is 0 Å². The average molecular weight is 355 g/mol. The van der Waals surface area contributed by atoms with Crippen LogP contribution in [0.15, 0.2) is 0 Å². The highest BCUT2D eigenvalue weighted by Gasteiger charge is 2.96. The van der Waals surface area contributed by atoms with E-state index in [9.17, 15) is 0 Å². The van der Waals surface area contributed by atoms with Gasteiger partial charge in [-0.25, -0.2) is 0 Å². The van der Waals surface area contributed by atoms with Crippen molar-refractivity contribution in [3.8, 4) is 0 Å². The van der Waals surface area contributed by atoms with Gasteiger partial charge in [0.2, 0.25) is 0 Å². The third-order valence-corrected chi connectivity index (χ3v) is 14.7. The molecule has 0 saturated heterocycles. The number of fused-ring (bicyclic) bond motifs is 4. The molecular weight excluding hydrogens is 332 g/mol. The minimum Gasteiger partial charge on any atom is -0.0844 e. The third kappa shape index (κ3) is 0.554. The normalized spacial score (nSPS) is 98.5. The first-order valence-electron chi connectivity index (χ1n) is 10.4. The van der Waals surface area contributed by atoms with Gasteiger partial charge in [0.1, 0.15) is 0 Å². The molecule has 1 heteroatoms. The van der Waals surface area contributed by atoms with E-state index in [0.29, 0.717) is 4.32 Å². The first kappa shape index (κ1) is 10.5. The van der Waals surface area contributed by atoms with Crippen LogP contribution in [-0.2, 0) is 0 Å². The highest BCUT2D eigenvalue weighted by molar-refractivity contribution is 9.10. The van der Waals surface area contributed by atoms with Gasteiger partial charge >= 0.3 is 0 Å². The van der Waals surface area contributed by atoms with Crippen molar-refractivity contribution in [2.75, 3.05) is 0 Å². The van der Waals surface area contributed by atoms with Gasteiger partial charge in [-0.2, -0.15) is 0 Å². The lowest BCUT2D eigenvalue weighted by molar-refractivity contribution is 0.112. The lowest BCUT2D eigenvalue weighted by atomic mass is 9.66. The predicted molar refractivity (Wildman–Crippen MR) is 84.8 cm³/mol. The first-order valence-corrected chi connectivity index (χ1v) is 11.2. The number of hydrogen-bond donors (Lipinski definition) is 0. The molecule has 10 rings (SSSR count). The molecule has 0 aliphatic heterocycles. The first-order chi connectivity index (χ1) is 10.8. The molecule has 19 unspecified atom stereocenters. The van der Waals surface area contributed by atoms with Crippen LogP contribution in [0.25, 0.3) is 0 Å². The van der Waals surface area contributed by atoms with Crippen molar-refractivity contribution in [1.29, 1.82) is 0 Å². The molecule has 0 aromatic heterocycles. The molecule has 0 aromatic rings.